The quantitative estimate of drug-likeness (QED) is 0.140. The Morgan fingerprint density at radius 1 is 0.312 bits per heavy atom. The van der Waals surface area contributed by atoms with E-state index in [0.717, 1.165) is 32.8 Å². The molecule has 1 heterocycles. The van der Waals surface area contributed by atoms with Gasteiger partial charge in [-0.15, -0.1) is 9.24 Å². The van der Waals surface area contributed by atoms with Gasteiger partial charge in [0.15, 0.2) is 0 Å². The number of fused-ring (bicyclic) bond motifs is 9. The Morgan fingerprint density at radius 2 is 0.771 bits per heavy atom. The zero-order valence-corrected chi connectivity index (χ0v) is 27.2. The molecule has 224 valence electrons. The van der Waals surface area contributed by atoms with E-state index in [-0.39, 0.29) is 0 Å². The molecule has 0 saturated heterocycles. The van der Waals surface area contributed by atoms with Crippen molar-refractivity contribution in [2.45, 2.75) is 0 Å². The summed E-state index contributed by atoms with van der Waals surface area (Å²) in [7, 11) is 2.93. The van der Waals surface area contributed by atoms with Gasteiger partial charge in [-0.3, -0.25) is 0 Å². The van der Waals surface area contributed by atoms with Crippen molar-refractivity contribution in [1.82, 2.24) is 0 Å². The van der Waals surface area contributed by atoms with Crippen LogP contribution in [0, 0.1) is 0 Å². The van der Waals surface area contributed by atoms with Gasteiger partial charge in [0, 0.05) is 10.8 Å². The van der Waals surface area contributed by atoms with Crippen molar-refractivity contribution >= 4 is 79.6 Å². The molecule has 0 N–H and O–H groups in total. The second kappa shape index (κ2) is 10.6. The Morgan fingerprint density at radius 3 is 1.38 bits per heavy atom. The van der Waals surface area contributed by atoms with E-state index in [9.17, 15) is 0 Å². The SMILES string of the molecule is Pc1cc2oc3cc(-c4cc5ccccc5c5ccccc45)ccc3c2cc1-c1ccc(-c2cc3ccccc3c3ccccc23)cc1. The molecule has 1 nitrogen and oxygen atoms in total. The lowest BCUT2D eigenvalue weighted by Gasteiger charge is -2.12. The summed E-state index contributed by atoms with van der Waals surface area (Å²) in [5.41, 5.74) is 9.03. The fourth-order valence-electron chi connectivity index (χ4n) is 7.67. The van der Waals surface area contributed by atoms with Gasteiger partial charge in [0.05, 0.1) is 0 Å². The monoisotopic (exact) mass is 628 g/mol. The Balaban J connectivity index is 1.07. The summed E-state index contributed by atoms with van der Waals surface area (Å²) >= 11 is 0. The molecular weight excluding hydrogens is 599 g/mol. The molecule has 0 aliphatic rings. The van der Waals surface area contributed by atoms with Gasteiger partial charge in [0.25, 0.3) is 0 Å². The predicted molar refractivity (Wildman–Crippen MR) is 209 cm³/mol. The molecule has 1 unspecified atom stereocenters. The van der Waals surface area contributed by atoms with Crippen LogP contribution in [0.3, 0.4) is 0 Å². The highest BCUT2D eigenvalue weighted by atomic mass is 31.0. The van der Waals surface area contributed by atoms with E-state index in [0.29, 0.717) is 0 Å². The summed E-state index contributed by atoms with van der Waals surface area (Å²) in [6.45, 7) is 0. The van der Waals surface area contributed by atoms with Crippen molar-refractivity contribution in [2.24, 2.45) is 0 Å². The van der Waals surface area contributed by atoms with Crippen LogP contribution in [-0.2, 0) is 0 Å². The molecular formula is C46H29OP. The zero-order valence-electron chi connectivity index (χ0n) is 26.1. The summed E-state index contributed by atoms with van der Waals surface area (Å²) in [5.74, 6) is 0. The van der Waals surface area contributed by atoms with Gasteiger partial charge in [-0.05, 0) is 118 Å². The molecule has 10 aromatic rings. The van der Waals surface area contributed by atoms with Crippen LogP contribution < -0.4 is 5.30 Å². The molecule has 0 saturated carbocycles. The number of hydrogen-bond acceptors (Lipinski definition) is 1. The standard InChI is InChI=1S/C46H29OP/c48-46-27-45-43(39-22-21-32(25-44(39)47-45)41-24-31-10-2-4-12-34(31)36-14-6-8-16-38(36)41)26-42(46)29-19-17-28(18-20-29)40-23-30-9-1-3-11-33(30)35-13-5-7-15-37(35)40/h1-27H,48H2. The molecule has 0 aliphatic carbocycles. The van der Waals surface area contributed by atoms with Gasteiger partial charge >= 0.3 is 0 Å². The van der Waals surface area contributed by atoms with E-state index in [1.165, 1.54) is 70.9 Å². The van der Waals surface area contributed by atoms with Crippen LogP contribution in [0.15, 0.2) is 168 Å². The van der Waals surface area contributed by atoms with E-state index in [1.807, 2.05) is 0 Å². The predicted octanol–water partition coefficient (Wildman–Crippen LogP) is 12.7. The van der Waals surface area contributed by atoms with Crippen molar-refractivity contribution in [3.8, 4) is 33.4 Å². The number of benzene rings is 9. The third-order valence-corrected chi connectivity index (χ3v) is 10.5. The van der Waals surface area contributed by atoms with Crippen LogP contribution >= 0.6 is 9.24 Å². The van der Waals surface area contributed by atoms with Crippen molar-refractivity contribution in [2.75, 3.05) is 0 Å². The van der Waals surface area contributed by atoms with Crippen molar-refractivity contribution in [1.29, 1.82) is 0 Å². The maximum atomic E-state index is 6.53. The molecule has 0 bridgehead atoms. The Hall–Kier alpha value is -5.75. The topological polar surface area (TPSA) is 13.1 Å². The van der Waals surface area contributed by atoms with E-state index in [2.05, 4.69) is 173 Å². The minimum atomic E-state index is 0.901. The van der Waals surface area contributed by atoms with Crippen LogP contribution in [0.25, 0.3) is 98.4 Å². The maximum absolute atomic E-state index is 6.53. The highest BCUT2D eigenvalue weighted by Gasteiger charge is 2.15. The summed E-state index contributed by atoms with van der Waals surface area (Å²) in [6.07, 6.45) is 0. The average Bonchev–Trinajstić information content (AvgIpc) is 3.50. The number of furan rings is 1. The van der Waals surface area contributed by atoms with E-state index in [1.54, 1.807) is 0 Å². The first-order valence-electron chi connectivity index (χ1n) is 16.4. The molecule has 48 heavy (non-hydrogen) atoms. The van der Waals surface area contributed by atoms with Crippen LogP contribution in [0.4, 0.5) is 0 Å². The summed E-state index contributed by atoms with van der Waals surface area (Å²) in [5, 5.41) is 13.5. The van der Waals surface area contributed by atoms with Gasteiger partial charge in [0.2, 0.25) is 0 Å². The molecule has 1 atom stereocenters. The third-order valence-electron chi connectivity index (χ3n) is 10.00. The van der Waals surface area contributed by atoms with Gasteiger partial charge in [0.1, 0.15) is 11.2 Å². The van der Waals surface area contributed by atoms with Crippen molar-refractivity contribution in [3.05, 3.63) is 164 Å². The second-order valence-electron chi connectivity index (χ2n) is 12.7. The van der Waals surface area contributed by atoms with Gasteiger partial charge in [-0.2, -0.15) is 0 Å². The lowest BCUT2D eigenvalue weighted by molar-refractivity contribution is 0.669. The first-order valence-corrected chi connectivity index (χ1v) is 17.0. The maximum Gasteiger partial charge on any atom is 0.136 e. The van der Waals surface area contributed by atoms with Crippen molar-refractivity contribution in [3.63, 3.8) is 0 Å². The molecule has 0 amide bonds. The van der Waals surface area contributed by atoms with Crippen LogP contribution in [-0.4, -0.2) is 0 Å². The van der Waals surface area contributed by atoms with Gasteiger partial charge < -0.3 is 4.42 Å². The second-order valence-corrected chi connectivity index (χ2v) is 13.3. The molecule has 0 aliphatic heterocycles. The fraction of sp³-hybridized carbons (Fsp3) is 0. The van der Waals surface area contributed by atoms with Crippen LogP contribution in [0.2, 0.25) is 0 Å². The van der Waals surface area contributed by atoms with Crippen molar-refractivity contribution < 1.29 is 4.42 Å². The van der Waals surface area contributed by atoms with Crippen LogP contribution in [0.1, 0.15) is 0 Å². The van der Waals surface area contributed by atoms with E-state index < -0.39 is 0 Å². The van der Waals surface area contributed by atoms with Gasteiger partial charge in [-0.1, -0.05) is 127 Å². The summed E-state index contributed by atoms with van der Waals surface area (Å²) in [4.78, 5) is 0. The largest absolute Gasteiger partial charge is 0.456 e. The highest BCUT2D eigenvalue weighted by Crippen LogP contribution is 2.40. The Labute approximate surface area is 280 Å². The molecule has 9 aromatic carbocycles. The fourth-order valence-corrected chi connectivity index (χ4v) is 8.07. The third kappa shape index (κ3) is 4.22. The molecule has 1 aromatic heterocycles. The summed E-state index contributed by atoms with van der Waals surface area (Å²) < 4.78 is 6.53. The minimum Gasteiger partial charge on any atom is -0.456 e. The lowest BCUT2D eigenvalue weighted by atomic mass is 9.92. The Kier molecular flexibility index (Phi) is 6.07. The Bertz CT molecular complexity index is 2890. The molecule has 2 heteroatoms. The van der Waals surface area contributed by atoms with Gasteiger partial charge in [-0.25, -0.2) is 0 Å². The molecule has 10 rings (SSSR count). The molecule has 0 radical (unpaired) electrons. The highest BCUT2D eigenvalue weighted by molar-refractivity contribution is 7.28. The first-order chi connectivity index (χ1) is 23.7. The number of rotatable bonds is 3. The lowest BCUT2D eigenvalue weighted by Crippen LogP contribution is -1.96. The molecule has 0 spiro atoms. The van der Waals surface area contributed by atoms with E-state index >= 15 is 0 Å². The zero-order chi connectivity index (χ0) is 31.8. The van der Waals surface area contributed by atoms with Crippen LogP contribution in [0.5, 0.6) is 0 Å². The summed E-state index contributed by atoms with van der Waals surface area (Å²) in [6, 6.07) is 59.5. The molecule has 0 fully saturated rings. The normalized spacial score (nSPS) is 11.9. The smallest absolute Gasteiger partial charge is 0.136 e. The first kappa shape index (κ1) is 27.4. The van der Waals surface area contributed by atoms with E-state index in [4.69, 9.17) is 4.42 Å². The average molecular weight is 629 g/mol. The minimum absolute atomic E-state index is 0.901. The number of hydrogen-bond donors (Lipinski definition) is 0.